The number of nitriles is 1. The number of nitrogens with zero attached hydrogens (tertiary/aromatic N) is 4. The van der Waals surface area contributed by atoms with E-state index in [1.54, 1.807) is 4.90 Å². The van der Waals surface area contributed by atoms with Crippen LogP contribution in [0.5, 0.6) is 0 Å². The molecule has 0 unspecified atom stereocenters. The standard InChI is InChI=1S/C15H22N4O/c1-6-19(7-2)15(20)10-18(5)14-8-11(3)17-12(4)13(14)9-16/h8H,6-7,10H2,1-5H3. The molecule has 1 aromatic heterocycles. The largest absolute Gasteiger partial charge is 0.364 e. The molecule has 0 aliphatic rings. The van der Waals surface area contributed by atoms with Gasteiger partial charge in [-0.2, -0.15) is 5.26 Å². The minimum atomic E-state index is 0.0634. The first-order valence-electron chi connectivity index (χ1n) is 6.81. The molecule has 1 heterocycles. The fourth-order valence-corrected chi connectivity index (χ4v) is 2.21. The maximum absolute atomic E-state index is 12.1. The molecule has 0 atom stereocenters. The second-order valence-electron chi connectivity index (χ2n) is 4.78. The van der Waals surface area contributed by atoms with E-state index in [1.165, 1.54) is 0 Å². The average molecular weight is 274 g/mol. The molecule has 0 saturated heterocycles. The van der Waals surface area contributed by atoms with E-state index in [-0.39, 0.29) is 12.5 Å². The molecule has 0 spiro atoms. The van der Waals surface area contributed by atoms with Crippen molar-refractivity contribution in [2.45, 2.75) is 27.7 Å². The Balaban J connectivity index is 3.01. The molecule has 0 aliphatic carbocycles. The molecule has 0 saturated carbocycles. The highest BCUT2D eigenvalue weighted by Gasteiger charge is 2.17. The van der Waals surface area contributed by atoms with Gasteiger partial charge in [-0.05, 0) is 33.8 Å². The summed E-state index contributed by atoms with van der Waals surface area (Å²) in [5, 5.41) is 9.26. The first-order valence-corrected chi connectivity index (χ1v) is 6.81. The molecule has 0 aromatic carbocycles. The maximum Gasteiger partial charge on any atom is 0.242 e. The van der Waals surface area contributed by atoms with Crippen LogP contribution in [0.25, 0.3) is 0 Å². The summed E-state index contributed by atoms with van der Waals surface area (Å²) in [6, 6.07) is 4.02. The number of hydrogen-bond acceptors (Lipinski definition) is 4. The maximum atomic E-state index is 12.1. The van der Waals surface area contributed by atoms with Gasteiger partial charge < -0.3 is 9.80 Å². The van der Waals surface area contributed by atoms with Gasteiger partial charge in [0, 0.05) is 25.8 Å². The fourth-order valence-electron chi connectivity index (χ4n) is 2.21. The molecular weight excluding hydrogens is 252 g/mol. The molecule has 1 aromatic rings. The van der Waals surface area contributed by atoms with Gasteiger partial charge in [0.15, 0.2) is 0 Å². The van der Waals surface area contributed by atoms with Crippen LogP contribution in [0.4, 0.5) is 5.69 Å². The molecule has 0 bridgehead atoms. The highest BCUT2D eigenvalue weighted by molar-refractivity contribution is 5.82. The number of carbonyl (C=O) groups is 1. The first kappa shape index (κ1) is 16.0. The number of aromatic nitrogens is 1. The summed E-state index contributed by atoms with van der Waals surface area (Å²) >= 11 is 0. The second-order valence-corrected chi connectivity index (χ2v) is 4.78. The Hall–Kier alpha value is -2.09. The Bertz CT molecular complexity index is 529. The van der Waals surface area contributed by atoms with Crippen molar-refractivity contribution in [2.24, 2.45) is 0 Å². The number of carbonyl (C=O) groups excluding carboxylic acids is 1. The molecule has 0 fully saturated rings. The molecular formula is C15H22N4O. The zero-order valence-corrected chi connectivity index (χ0v) is 12.9. The Kier molecular flexibility index (Phi) is 5.51. The van der Waals surface area contributed by atoms with E-state index < -0.39 is 0 Å². The van der Waals surface area contributed by atoms with Crippen molar-refractivity contribution >= 4 is 11.6 Å². The summed E-state index contributed by atoms with van der Waals surface area (Å²) in [6.45, 7) is 9.28. The number of hydrogen-bond donors (Lipinski definition) is 0. The van der Waals surface area contributed by atoms with Crippen LogP contribution in [-0.2, 0) is 4.79 Å². The molecule has 5 heteroatoms. The number of amides is 1. The van der Waals surface area contributed by atoms with Crippen molar-refractivity contribution in [3.05, 3.63) is 23.0 Å². The van der Waals surface area contributed by atoms with E-state index in [2.05, 4.69) is 11.1 Å². The molecule has 1 amide bonds. The van der Waals surface area contributed by atoms with Gasteiger partial charge in [0.05, 0.1) is 23.5 Å². The number of rotatable bonds is 5. The second kappa shape index (κ2) is 6.90. The average Bonchev–Trinajstić information content (AvgIpc) is 2.39. The summed E-state index contributed by atoms with van der Waals surface area (Å²) < 4.78 is 0. The normalized spacial score (nSPS) is 10.0. The number of anilines is 1. The quantitative estimate of drug-likeness (QED) is 0.822. The fraction of sp³-hybridized carbons (Fsp3) is 0.533. The molecule has 0 N–H and O–H groups in total. The van der Waals surface area contributed by atoms with E-state index >= 15 is 0 Å². The van der Waals surface area contributed by atoms with Crippen LogP contribution in [0, 0.1) is 25.2 Å². The van der Waals surface area contributed by atoms with Crippen molar-refractivity contribution in [1.29, 1.82) is 5.26 Å². The molecule has 5 nitrogen and oxygen atoms in total. The van der Waals surface area contributed by atoms with Crippen molar-refractivity contribution < 1.29 is 4.79 Å². The van der Waals surface area contributed by atoms with E-state index in [9.17, 15) is 10.1 Å². The van der Waals surface area contributed by atoms with Gasteiger partial charge in [-0.15, -0.1) is 0 Å². The third kappa shape index (κ3) is 3.47. The van der Waals surface area contributed by atoms with Crippen LogP contribution < -0.4 is 4.90 Å². The number of aryl methyl sites for hydroxylation is 2. The van der Waals surface area contributed by atoms with Crippen molar-refractivity contribution in [2.75, 3.05) is 31.6 Å². The Morgan fingerprint density at radius 3 is 2.45 bits per heavy atom. The SMILES string of the molecule is CCN(CC)C(=O)CN(C)c1cc(C)nc(C)c1C#N. The highest BCUT2D eigenvalue weighted by Crippen LogP contribution is 2.22. The predicted octanol–water partition coefficient (Wildman–Crippen LogP) is 1.87. The van der Waals surface area contributed by atoms with Crippen molar-refractivity contribution in [1.82, 2.24) is 9.88 Å². The van der Waals surface area contributed by atoms with Crippen LogP contribution >= 0.6 is 0 Å². The zero-order chi connectivity index (χ0) is 15.3. The van der Waals surface area contributed by atoms with Crippen LogP contribution in [0.3, 0.4) is 0 Å². The third-order valence-corrected chi connectivity index (χ3v) is 3.32. The minimum absolute atomic E-state index is 0.0634. The monoisotopic (exact) mass is 274 g/mol. The topological polar surface area (TPSA) is 60.2 Å². The number of pyridine rings is 1. The number of likely N-dealkylation sites (N-methyl/N-ethyl adjacent to an activating group) is 2. The van der Waals surface area contributed by atoms with Crippen LogP contribution in [0.2, 0.25) is 0 Å². The molecule has 1 rings (SSSR count). The molecule has 108 valence electrons. The van der Waals surface area contributed by atoms with E-state index in [4.69, 9.17) is 0 Å². The van der Waals surface area contributed by atoms with Crippen LogP contribution in [0.15, 0.2) is 6.07 Å². The van der Waals surface area contributed by atoms with Gasteiger partial charge in [0.25, 0.3) is 0 Å². The van der Waals surface area contributed by atoms with Gasteiger partial charge in [-0.25, -0.2) is 0 Å². The van der Waals surface area contributed by atoms with Crippen molar-refractivity contribution in [3.8, 4) is 6.07 Å². The molecule has 20 heavy (non-hydrogen) atoms. The Labute approximate surface area is 120 Å². The summed E-state index contributed by atoms with van der Waals surface area (Å²) in [5.41, 5.74) is 2.84. The van der Waals surface area contributed by atoms with Gasteiger partial charge in [0.2, 0.25) is 5.91 Å². The van der Waals surface area contributed by atoms with Crippen LogP contribution in [0.1, 0.15) is 30.8 Å². The zero-order valence-electron chi connectivity index (χ0n) is 12.9. The lowest BCUT2D eigenvalue weighted by atomic mass is 10.1. The van der Waals surface area contributed by atoms with E-state index in [0.29, 0.717) is 24.3 Å². The Morgan fingerprint density at radius 2 is 1.95 bits per heavy atom. The summed E-state index contributed by atoms with van der Waals surface area (Å²) in [4.78, 5) is 20.0. The first-order chi connectivity index (χ1) is 9.44. The lowest BCUT2D eigenvalue weighted by Gasteiger charge is -2.25. The lowest BCUT2D eigenvalue weighted by molar-refractivity contribution is -0.129. The summed E-state index contributed by atoms with van der Waals surface area (Å²) in [7, 11) is 1.83. The van der Waals surface area contributed by atoms with Crippen LogP contribution in [-0.4, -0.2) is 42.5 Å². The molecule has 0 radical (unpaired) electrons. The summed E-state index contributed by atoms with van der Waals surface area (Å²) in [6.07, 6.45) is 0. The smallest absolute Gasteiger partial charge is 0.242 e. The van der Waals surface area contributed by atoms with Gasteiger partial charge in [-0.3, -0.25) is 9.78 Å². The summed E-state index contributed by atoms with van der Waals surface area (Å²) in [5.74, 6) is 0.0634. The lowest BCUT2D eigenvalue weighted by Crippen LogP contribution is -2.39. The highest BCUT2D eigenvalue weighted by atomic mass is 16.2. The van der Waals surface area contributed by atoms with E-state index in [1.807, 2.05) is 45.7 Å². The van der Waals surface area contributed by atoms with Crippen molar-refractivity contribution in [3.63, 3.8) is 0 Å². The minimum Gasteiger partial charge on any atom is -0.364 e. The van der Waals surface area contributed by atoms with Gasteiger partial charge in [0.1, 0.15) is 6.07 Å². The third-order valence-electron chi connectivity index (χ3n) is 3.32. The molecule has 0 aliphatic heterocycles. The van der Waals surface area contributed by atoms with E-state index in [0.717, 1.165) is 11.4 Å². The van der Waals surface area contributed by atoms with Gasteiger partial charge >= 0.3 is 0 Å². The predicted molar refractivity (Wildman–Crippen MR) is 79.6 cm³/mol. The van der Waals surface area contributed by atoms with Gasteiger partial charge in [-0.1, -0.05) is 0 Å². The Morgan fingerprint density at radius 1 is 1.35 bits per heavy atom.